The Hall–Kier alpha value is -1.68. The molecule has 114 valence electrons. The number of likely N-dealkylation sites (tertiary alicyclic amines) is 1. The summed E-state index contributed by atoms with van der Waals surface area (Å²) in [6.45, 7) is 2.67. The van der Waals surface area contributed by atoms with E-state index in [-0.39, 0.29) is 24.1 Å². The van der Waals surface area contributed by atoms with E-state index in [2.05, 4.69) is 4.90 Å². The first-order valence-corrected chi connectivity index (χ1v) is 7.59. The van der Waals surface area contributed by atoms with Gasteiger partial charge < -0.3 is 9.64 Å². The van der Waals surface area contributed by atoms with Crippen LogP contribution in [0.1, 0.15) is 36.0 Å². The second-order valence-corrected chi connectivity index (χ2v) is 5.57. The predicted octanol–water partition coefficient (Wildman–Crippen LogP) is 2.53. The minimum atomic E-state index is -0.321. The Labute approximate surface area is 126 Å². The van der Waals surface area contributed by atoms with Crippen molar-refractivity contribution < 1.29 is 14.3 Å². The zero-order valence-corrected chi connectivity index (χ0v) is 12.6. The zero-order chi connectivity index (χ0) is 15.1. The van der Waals surface area contributed by atoms with Crippen molar-refractivity contribution in [2.45, 2.75) is 25.7 Å². The minimum Gasteiger partial charge on any atom is -0.469 e. The fraction of sp³-hybridized carbons (Fsp3) is 0.529. The third kappa shape index (κ3) is 4.67. The van der Waals surface area contributed by atoms with Crippen LogP contribution in [-0.2, 0) is 9.53 Å². The van der Waals surface area contributed by atoms with E-state index in [0.717, 1.165) is 13.1 Å². The first kappa shape index (κ1) is 15.7. The number of carbonyl (C=O) groups is 2. The molecule has 0 aliphatic carbocycles. The van der Waals surface area contributed by atoms with Crippen molar-refractivity contribution in [3.05, 3.63) is 35.9 Å². The summed E-state index contributed by atoms with van der Waals surface area (Å²) in [5.74, 6) is -0.606. The van der Waals surface area contributed by atoms with Crippen LogP contribution >= 0.6 is 0 Å². The summed E-state index contributed by atoms with van der Waals surface area (Å²) in [5, 5.41) is 0. The van der Waals surface area contributed by atoms with E-state index >= 15 is 0 Å². The molecule has 0 spiro atoms. The van der Waals surface area contributed by atoms with Gasteiger partial charge in [-0.05, 0) is 25.9 Å². The van der Waals surface area contributed by atoms with Gasteiger partial charge in [0.25, 0.3) is 0 Å². The largest absolute Gasteiger partial charge is 0.469 e. The van der Waals surface area contributed by atoms with Crippen molar-refractivity contribution in [1.82, 2.24) is 4.90 Å². The lowest BCUT2D eigenvalue weighted by atomic mass is 9.93. The normalized spacial score (nSPS) is 17.2. The van der Waals surface area contributed by atoms with E-state index in [4.69, 9.17) is 4.74 Å². The van der Waals surface area contributed by atoms with Gasteiger partial charge in [-0.15, -0.1) is 0 Å². The van der Waals surface area contributed by atoms with Crippen molar-refractivity contribution in [2.75, 3.05) is 26.7 Å². The monoisotopic (exact) mass is 289 g/mol. The summed E-state index contributed by atoms with van der Waals surface area (Å²) in [6.07, 6.45) is 3.75. The molecule has 0 amide bonds. The first-order chi connectivity index (χ1) is 10.2. The summed E-state index contributed by atoms with van der Waals surface area (Å²) in [4.78, 5) is 26.5. The SMILES string of the molecule is COC(=O)CC(CN1CCCCC1)C(=O)c1ccccc1. The van der Waals surface area contributed by atoms with Crippen LogP contribution in [0.25, 0.3) is 0 Å². The fourth-order valence-electron chi connectivity index (χ4n) is 2.82. The number of ketones is 1. The van der Waals surface area contributed by atoms with Crippen LogP contribution in [-0.4, -0.2) is 43.4 Å². The molecule has 1 aromatic rings. The van der Waals surface area contributed by atoms with Crippen molar-refractivity contribution in [3.63, 3.8) is 0 Å². The predicted molar refractivity (Wildman–Crippen MR) is 81.2 cm³/mol. The third-order valence-corrected chi connectivity index (χ3v) is 4.00. The summed E-state index contributed by atoms with van der Waals surface area (Å²) in [7, 11) is 1.37. The van der Waals surface area contributed by atoms with Gasteiger partial charge in [0.05, 0.1) is 13.5 Å². The number of ether oxygens (including phenoxy) is 1. The quantitative estimate of drug-likeness (QED) is 0.596. The minimum absolute atomic E-state index is 0.0339. The summed E-state index contributed by atoms with van der Waals surface area (Å²) in [6, 6.07) is 9.20. The molecule has 1 fully saturated rings. The number of rotatable bonds is 6. The highest BCUT2D eigenvalue weighted by Gasteiger charge is 2.26. The second kappa shape index (κ2) is 7.93. The molecule has 0 N–H and O–H groups in total. The molecule has 1 aliphatic rings. The van der Waals surface area contributed by atoms with Gasteiger partial charge in [-0.2, -0.15) is 0 Å². The van der Waals surface area contributed by atoms with E-state index in [9.17, 15) is 9.59 Å². The maximum absolute atomic E-state index is 12.6. The molecule has 1 aliphatic heterocycles. The number of methoxy groups -OCH3 is 1. The number of piperidine rings is 1. The molecular weight excluding hydrogens is 266 g/mol. The van der Waals surface area contributed by atoms with Gasteiger partial charge in [0, 0.05) is 18.0 Å². The average molecular weight is 289 g/mol. The van der Waals surface area contributed by atoms with Crippen LogP contribution in [0.3, 0.4) is 0 Å². The van der Waals surface area contributed by atoms with Crippen LogP contribution in [0.2, 0.25) is 0 Å². The lowest BCUT2D eigenvalue weighted by molar-refractivity contribution is -0.141. The number of benzene rings is 1. The van der Waals surface area contributed by atoms with E-state index in [0.29, 0.717) is 12.1 Å². The average Bonchev–Trinajstić information content (AvgIpc) is 2.55. The van der Waals surface area contributed by atoms with E-state index in [1.807, 2.05) is 30.3 Å². The van der Waals surface area contributed by atoms with Gasteiger partial charge in [-0.25, -0.2) is 0 Å². The Morgan fingerprint density at radius 1 is 1.14 bits per heavy atom. The number of nitrogens with zero attached hydrogens (tertiary/aromatic N) is 1. The van der Waals surface area contributed by atoms with Crippen molar-refractivity contribution >= 4 is 11.8 Å². The van der Waals surface area contributed by atoms with Crippen LogP contribution in [0.15, 0.2) is 30.3 Å². The van der Waals surface area contributed by atoms with Gasteiger partial charge in [0.15, 0.2) is 5.78 Å². The number of hydrogen-bond donors (Lipinski definition) is 0. The molecule has 4 heteroatoms. The molecule has 0 bridgehead atoms. The van der Waals surface area contributed by atoms with Crippen molar-refractivity contribution in [2.24, 2.45) is 5.92 Å². The molecular formula is C17H23NO3. The van der Waals surface area contributed by atoms with E-state index in [1.165, 1.54) is 26.4 Å². The van der Waals surface area contributed by atoms with Crippen molar-refractivity contribution in [1.29, 1.82) is 0 Å². The molecule has 1 aromatic carbocycles. The van der Waals surface area contributed by atoms with Gasteiger partial charge >= 0.3 is 5.97 Å². The standard InChI is InChI=1S/C17H23NO3/c1-21-16(19)12-15(13-18-10-6-3-7-11-18)17(20)14-8-4-2-5-9-14/h2,4-5,8-9,15H,3,6-7,10-13H2,1H3. The molecule has 4 nitrogen and oxygen atoms in total. The molecule has 1 atom stereocenters. The Morgan fingerprint density at radius 3 is 2.43 bits per heavy atom. The Kier molecular flexibility index (Phi) is 5.93. The maximum atomic E-state index is 12.6. The third-order valence-electron chi connectivity index (χ3n) is 4.00. The Morgan fingerprint density at radius 2 is 1.81 bits per heavy atom. The number of Topliss-reactive ketones (excluding diaryl/α,β-unsaturated/α-hetero) is 1. The van der Waals surface area contributed by atoms with Crippen LogP contribution in [0.4, 0.5) is 0 Å². The zero-order valence-electron chi connectivity index (χ0n) is 12.6. The van der Waals surface area contributed by atoms with Gasteiger partial charge in [-0.3, -0.25) is 9.59 Å². The first-order valence-electron chi connectivity index (χ1n) is 7.59. The lowest BCUT2D eigenvalue weighted by Crippen LogP contribution is -2.37. The second-order valence-electron chi connectivity index (χ2n) is 5.57. The maximum Gasteiger partial charge on any atom is 0.306 e. The van der Waals surface area contributed by atoms with Gasteiger partial charge in [-0.1, -0.05) is 36.8 Å². The number of carbonyl (C=O) groups excluding carboxylic acids is 2. The van der Waals surface area contributed by atoms with Crippen molar-refractivity contribution in [3.8, 4) is 0 Å². The van der Waals surface area contributed by atoms with E-state index in [1.54, 1.807) is 0 Å². The smallest absolute Gasteiger partial charge is 0.306 e. The molecule has 0 aromatic heterocycles. The van der Waals surface area contributed by atoms with Crippen LogP contribution in [0, 0.1) is 5.92 Å². The lowest BCUT2D eigenvalue weighted by Gasteiger charge is -2.29. The number of hydrogen-bond acceptors (Lipinski definition) is 4. The summed E-state index contributed by atoms with van der Waals surface area (Å²) >= 11 is 0. The molecule has 2 rings (SSSR count). The molecule has 1 saturated heterocycles. The highest BCUT2D eigenvalue weighted by Crippen LogP contribution is 2.18. The molecule has 1 unspecified atom stereocenters. The van der Waals surface area contributed by atoms with Crippen LogP contribution in [0.5, 0.6) is 0 Å². The Balaban J connectivity index is 2.07. The Bertz CT molecular complexity index is 466. The number of esters is 1. The van der Waals surface area contributed by atoms with Gasteiger partial charge in [0.2, 0.25) is 0 Å². The topological polar surface area (TPSA) is 46.6 Å². The van der Waals surface area contributed by atoms with Gasteiger partial charge in [0.1, 0.15) is 0 Å². The van der Waals surface area contributed by atoms with Crippen LogP contribution < -0.4 is 0 Å². The van der Waals surface area contributed by atoms with E-state index < -0.39 is 0 Å². The summed E-state index contributed by atoms with van der Waals surface area (Å²) in [5.41, 5.74) is 0.670. The summed E-state index contributed by atoms with van der Waals surface area (Å²) < 4.78 is 4.75. The highest BCUT2D eigenvalue weighted by atomic mass is 16.5. The fourth-order valence-corrected chi connectivity index (χ4v) is 2.82. The molecule has 1 heterocycles. The molecule has 0 radical (unpaired) electrons. The molecule has 21 heavy (non-hydrogen) atoms. The highest BCUT2D eigenvalue weighted by molar-refractivity contribution is 5.99. The molecule has 0 saturated carbocycles.